The van der Waals surface area contributed by atoms with Gasteiger partial charge in [0.15, 0.2) is 0 Å². The third kappa shape index (κ3) is 5.61. The van der Waals surface area contributed by atoms with Gasteiger partial charge in [-0.05, 0) is 13.3 Å². The van der Waals surface area contributed by atoms with E-state index in [1.54, 1.807) is 7.11 Å². The molecule has 0 aliphatic heterocycles. The number of methoxy groups -OCH3 is 1. The van der Waals surface area contributed by atoms with E-state index in [9.17, 15) is 0 Å². The zero-order valence-electron chi connectivity index (χ0n) is 6.68. The Balaban J connectivity index is 3.21. The molecule has 0 aromatic carbocycles. The predicted molar refractivity (Wildman–Crippen MR) is 42.5 cm³/mol. The molecular formula is C8H15NO. The van der Waals surface area contributed by atoms with Gasteiger partial charge in [0.25, 0.3) is 0 Å². The average molecular weight is 141 g/mol. The van der Waals surface area contributed by atoms with Gasteiger partial charge in [-0.2, -0.15) is 0 Å². The molecule has 0 radical (unpaired) electrons. The van der Waals surface area contributed by atoms with Crippen molar-refractivity contribution < 1.29 is 4.74 Å². The summed E-state index contributed by atoms with van der Waals surface area (Å²) < 4.78 is 4.86. The van der Waals surface area contributed by atoms with Crippen LogP contribution >= 0.6 is 0 Å². The van der Waals surface area contributed by atoms with E-state index in [0.29, 0.717) is 0 Å². The van der Waals surface area contributed by atoms with Crippen molar-refractivity contribution in [3.8, 4) is 11.8 Å². The van der Waals surface area contributed by atoms with E-state index >= 15 is 0 Å². The van der Waals surface area contributed by atoms with Crippen LogP contribution in [-0.4, -0.2) is 19.8 Å². The molecule has 1 atom stereocenters. The van der Waals surface area contributed by atoms with Crippen LogP contribution in [0.15, 0.2) is 0 Å². The van der Waals surface area contributed by atoms with Crippen molar-refractivity contribution in [1.82, 2.24) is 0 Å². The first-order valence-electron chi connectivity index (χ1n) is 3.45. The summed E-state index contributed by atoms with van der Waals surface area (Å²) in [6, 6.07) is 0.174. The van der Waals surface area contributed by atoms with Gasteiger partial charge in [0.05, 0.1) is 0 Å². The molecule has 0 aliphatic rings. The molecule has 0 heterocycles. The highest BCUT2D eigenvalue weighted by atomic mass is 16.5. The Morgan fingerprint density at radius 1 is 1.60 bits per heavy atom. The van der Waals surface area contributed by atoms with Crippen LogP contribution in [0.2, 0.25) is 0 Å². The zero-order chi connectivity index (χ0) is 7.82. The quantitative estimate of drug-likeness (QED) is 0.587. The number of nitrogens with two attached hydrogens (primary N) is 1. The zero-order valence-corrected chi connectivity index (χ0v) is 6.68. The van der Waals surface area contributed by atoms with E-state index in [2.05, 4.69) is 11.8 Å². The molecule has 0 spiro atoms. The number of ether oxygens (including phenoxy) is 1. The van der Waals surface area contributed by atoms with Crippen molar-refractivity contribution in [3.05, 3.63) is 0 Å². The first-order valence-corrected chi connectivity index (χ1v) is 3.45. The molecule has 2 N–H and O–H groups in total. The minimum absolute atomic E-state index is 0.174. The second-order valence-corrected chi connectivity index (χ2v) is 2.17. The molecule has 0 fully saturated rings. The molecule has 2 nitrogen and oxygen atoms in total. The van der Waals surface area contributed by atoms with Crippen LogP contribution in [-0.2, 0) is 4.74 Å². The summed E-state index contributed by atoms with van der Waals surface area (Å²) in [6.45, 7) is 2.55. The van der Waals surface area contributed by atoms with Crippen LogP contribution < -0.4 is 5.73 Å². The molecule has 58 valence electrons. The normalized spacial score (nSPS) is 11.9. The van der Waals surface area contributed by atoms with Gasteiger partial charge in [-0.15, -0.1) is 11.8 Å². The summed E-state index contributed by atoms with van der Waals surface area (Å²) in [4.78, 5) is 0. The lowest BCUT2D eigenvalue weighted by Gasteiger charge is -2.05. The Morgan fingerprint density at radius 2 is 2.30 bits per heavy atom. The van der Waals surface area contributed by atoms with E-state index in [-0.39, 0.29) is 6.04 Å². The number of hydrogen-bond donors (Lipinski definition) is 1. The van der Waals surface area contributed by atoms with Crippen molar-refractivity contribution in [2.75, 3.05) is 13.7 Å². The molecule has 10 heavy (non-hydrogen) atoms. The van der Waals surface area contributed by atoms with E-state index in [0.717, 1.165) is 19.4 Å². The lowest BCUT2D eigenvalue weighted by molar-refractivity contribution is 0.188. The molecule has 0 rings (SSSR count). The first-order chi connectivity index (χ1) is 4.81. The molecule has 0 saturated heterocycles. The standard InChI is InChI=1S/C8H15NO/c1-3-4-5-8(9)6-7-10-2/h8H,5-7,9H2,1-2H3. The summed E-state index contributed by atoms with van der Waals surface area (Å²) in [6.07, 6.45) is 1.67. The van der Waals surface area contributed by atoms with Crippen molar-refractivity contribution in [1.29, 1.82) is 0 Å². The number of hydrogen-bond acceptors (Lipinski definition) is 2. The minimum atomic E-state index is 0.174. The van der Waals surface area contributed by atoms with Crippen molar-refractivity contribution in [2.24, 2.45) is 5.73 Å². The molecule has 0 amide bonds. The summed E-state index contributed by atoms with van der Waals surface area (Å²) in [5.74, 6) is 5.73. The Morgan fingerprint density at radius 3 is 2.80 bits per heavy atom. The fraction of sp³-hybridized carbons (Fsp3) is 0.750. The predicted octanol–water partition coefficient (Wildman–Crippen LogP) is 0.764. The SMILES string of the molecule is CC#CCC(N)CCOC. The molecule has 0 aliphatic carbocycles. The van der Waals surface area contributed by atoms with Crippen LogP contribution in [0, 0.1) is 11.8 Å². The van der Waals surface area contributed by atoms with E-state index in [4.69, 9.17) is 10.5 Å². The summed E-state index contributed by atoms with van der Waals surface area (Å²) in [5.41, 5.74) is 5.66. The molecule has 1 unspecified atom stereocenters. The Hall–Kier alpha value is -0.520. The third-order valence-corrected chi connectivity index (χ3v) is 1.23. The van der Waals surface area contributed by atoms with E-state index in [1.807, 2.05) is 6.92 Å². The largest absolute Gasteiger partial charge is 0.385 e. The highest BCUT2D eigenvalue weighted by molar-refractivity contribution is 4.97. The van der Waals surface area contributed by atoms with Gasteiger partial charge in [-0.25, -0.2) is 0 Å². The highest BCUT2D eigenvalue weighted by Gasteiger charge is 1.97. The van der Waals surface area contributed by atoms with Gasteiger partial charge in [0.2, 0.25) is 0 Å². The highest BCUT2D eigenvalue weighted by Crippen LogP contribution is 1.92. The fourth-order valence-electron chi connectivity index (χ4n) is 0.604. The lowest BCUT2D eigenvalue weighted by Crippen LogP contribution is -2.20. The third-order valence-electron chi connectivity index (χ3n) is 1.23. The van der Waals surface area contributed by atoms with Crippen molar-refractivity contribution in [2.45, 2.75) is 25.8 Å². The first kappa shape index (κ1) is 9.48. The van der Waals surface area contributed by atoms with Gasteiger partial charge >= 0.3 is 0 Å². The van der Waals surface area contributed by atoms with Gasteiger partial charge in [0, 0.05) is 26.2 Å². The summed E-state index contributed by atoms with van der Waals surface area (Å²) in [5, 5.41) is 0. The van der Waals surface area contributed by atoms with Crippen molar-refractivity contribution in [3.63, 3.8) is 0 Å². The Bertz CT molecular complexity index is 123. The molecule has 0 aromatic rings. The van der Waals surface area contributed by atoms with Crippen LogP contribution in [0.5, 0.6) is 0 Å². The van der Waals surface area contributed by atoms with Crippen LogP contribution in [0.25, 0.3) is 0 Å². The maximum atomic E-state index is 5.66. The fourth-order valence-corrected chi connectivity index (χ4v) is 0.604. The monoisotopic (exact) mass is 141 g/mol. The smallest absolute Gasteiger partial charge is 0.0477 e. The van der Waals surface area contributed by atoms with E-state index < -0.39 is 0 Å². The minimum Gasteiger partial charge on any atom is -0.385 e. The van der Waals surface area contributed by atoms with Gasteiger partial charge in [-0.3, -0.25) is 0 Å². The van der Waals surface area contributed by atoms with Crippen LogP contribution in [0.1, 0.15) is 19.8 Å². The molecule has 0 bridgehead atoms. The second kappa shape index (κ2) is 6.60. The number of rotatable bonds is 4. The topological polar surface area (TPSA) is 35.2 Å². The summed E-state index contributed by atoms with van der Waals surface area (Å²) in [7, 11) is 1.68. The maximum Gasteiger partial charge on any atom is 0.0477 e. The summed E-state index contributed by atoms with van der Waals surface area (Å²) >= 11 is 0. The van der Waals surface area contributed by atoms with Gasteiger partial charge in [0.1, 0.15) is 0 Å². The van der Waals surface area contributed by atoms with Crippen molar-refractivity contribution >= 4 is 0 Å². The molecule has 0 aromatic heterocycles. The van der Waals surface area contributed by atoms with Gasteiger partial charge < -0.3 is 10.5 Å². The molecule has 0 saturated carbocycles. The maximum absolute atomic E-state index is 5.66. The van der Waals surface area contributed by atoms with Gasteiger partial charge in [-0.1, -0.05) is 0 Å². The average Bonchev–Trinajstić information content (AvgIpc) is 1.97. The van der Waals surface area contributed by atoms with Crippen LogP contribution in [0.3, 0.4) is 0 Å². The lowest BCUT2D eigenvalue weighted by atomic mass is 10.2. The Labute approximate surface area is 62.7 Å². The van der Waals surface area contributed by atoms with E-state index in [1.165, 1.54) is 0 Å². The molecule has 2 heteroatoms. The Kier molecular flexibility index (Phi) is 6.25. The van der Waals surface area contributed by atoms with Crippen LogP contribution in [0.4, 0.5) is 0 Å². The second-order valence-electron chi connectivity index (χ2n) is 2.17. The molecular weight excluding hydrogens is 126 g/mol.